The Hall–Kier alpha value is -0.930. The van der Waals surface area contributed by atoms with Gasteiger partial charge in [-0.15, -0.1) is 10.2 Å². The first-order valence-corrected chi connectivity index (χ1v) is 5.02. The summed E-state index contributed by atoms with van der Waals surface area (Å²) in [6.07, 6.45) is 0. The van der Waals surface area contributed by atoms with E-state index in [0.717, 1.165) is 10.6 Å². The summed E-state index contributed by atoms with van der Waals surface area (Å²) >= 11 is 7.11. The Labute approximate surface area is 85.2 Å². The second-order valence-corrected chi connectivity index (χ2v) is 4.23. The average Bonchev–Trinajstić information content (AvgIpc) is 2.53. The van der Waals surface area contributed by atoms with E-state index in [0.29, 0.717) is 4.47 Å². The van der Waals surface area contributed by atoms with Crippen LogP contribution in [0.3, 0.4) is 0 Å². The van der Waals surface area contributed by atoms with E-state index in [2.05, 4.69) is 10.2 Å². The molecule has 0 atom stereocenters. The number of halogens is 1. The van der Waals surface area contributed by atoms with Gasteiger partial charge in [0.2, 0.25) is 4.47 Å². The van der Waals surface area contributed by atoms with Crippen molar-refractivity contribution < 1.29 is 0 Å². The summed E-state index contributed by atoms with van der Waals surface area (Å²) in [6, 6.07) is 8.05. The molecule has 0 fully saturated rings. The van der Waals surface area contributed by atoms with Gasteiger partial charge in [-0.25, -0.2) is 0 Å². The van der Waals surface area contributed by atoms with Crippen molar-refractivity contribution in [2.24, 2.45) is 0 Å². The van der Waals surface area contributed by atoms with Crippen LogP contribution in [-0.4, -0.2) is 10.2 Å². The normalized spacial score (nSPS) is 10.3. The first-order valence-electron chi connectivity index (χ1n) is 3.82. The van der Waals surface area contributed by atoms with Crippen molar-refractivity contribution >= 4 is 22.9 Å². The molecule has 2 nitrogen and oxygen atoms in total. The molecule has 0 spiro atoms. The topological polar surface area (TPSA) is 25.8 Å². The highest BCUT2D eigenvalue weighted by molar-refractivity contribution is 7.18. The van der Waals surface area contributed by atoms with Crippen molar-refractivity contribution in [2.75, 3.05) is 0 Å². The van der Waals surface area contributed by atoms with Gasteiger partial charge in [-0.3, -0.25) is 0 Å². The Kier molecular flexibility index (Phi) is 2.29. The minimum atomic E-state index is 0.484. The summed E-state index contributed by atoms with van der Waals surface area (Å²) in [7, 11) is 0. The summed E-state index contributed by atoms with van der Waals surface area (Å²) in [5, 5.41) is 8.63. The first kappa shape index (κ1) is 8.66. The van der Waals surface area contributed by atoms with E-state index < -0.39 is 0 Å². The number of hydrogen-bond acceptors (Lipinski definition) is 3. The van der Waals surface area contributed by atoms with Crippen molar-refractivity contribution in [1.82, 2.24) is 10.2 Å². The second-order valence-electron chi connectivity index (χ2n) is 2.68. The highest BCUT2D eigenvalue weighted by Crippen LogP contribution is 2.27. The maximum atomic E-state index is 5.71. The minimum absolute atomic E-state index is 0.484. The van der Waals surface area contributed by atoms with E-state index in [-0.39, 0.29) is 0 Å². The lowest BCUT2D eigenvalue weighted by atomic mass is 10.1. The number of nitrogens with zero attached hydrogens (tertiary/aromatic N) is 2. The zero-order valence-corrected chi connectivity index (χ0v) is 8.56. The van der Waals surface area contributed by atoms with Crippen LogP contribution in [0, 0.1) is 6.92 Å². The SMILES string of the molecule is Cc1ccccc1-c1nnc(Cl)s1. The third kappa shape index (κ3) is 1.71. The monoisotopic (exact) mass is 210 g/mol. The molecule has 1 aromatic carbocycles. The van der Waals surface area contributed by atoms with Gasteiger partial charge in [0.15, 0.2) is 0 Å². The molecule has 0 aliphatic carbocycles. The number of benzene rings is 1. The molecule has 0 unspecified atom stereocenters. The highest BCUT2D eigenvalue weighted by atomic mass is 35.5. The summed E-state index contributed by atoms with van der Waals surface area (Å²) < 4.78 is 0.484. The van der Waals surface area contributed by atoms with E-state index in [1.54, 1.807) is 0 Å². The molecule has 2 rings (SSSR count). The second kappa shape index (κ2) is 3.44. The number of aromatic nitrogens is 2. The third-order valence-corrected chi connectivity index (χ3v) is 2.83. The van der Waals surface area contributed by atoms with E-state index in [1.807, 2.05) is 31.2 Å². The summed E-state index contributed by atoms with van der Waals surface area (Å²) in [5.41, 5.74) is 2.29. The molecule has 1 aromatic heterocycles. The minimum Gasteiger partial charge on any atom is -0.137 e. The van der Waals surface area contributed by atoms with Crippen LogP contribution in [0.5, 0.6) is 0 Å². The van der Waals surface area contributed by atoms with Crippen LogP contribution in [-0.2, 0) is 0 Å². The van der Waals surface area contributed by atoms with Gasteiger partial charge in [0, 0.05) is 5.56 Å². The Morgan fingerprint density at radius 1 is 1.23 bits per heavy atom. The van der Waals surface area contributed by atoms with Crippen molar-refractivity contribution in [3.05, 3.63) is 34.3 Å². The van der Waals surface area contributed by atoms with Crippen molar-refractivity contribution in [3.8, 4) is 10.6 Å². The molecule has 66 valence electrons. The zero-order valence-electron chi connectivity index (χ0n) is 6.99. The summed E-state index contributed by atoms with van der Waals surface area (Å²) in [5.74, 6) is 0. The number of aryl methyl sites for hydroxylation is 1. The number of hydrogen-bond donors (Lipinski definition) is 0. The molecule has 0 saturated heterocycles. The van der Waals surface area contributed by atoms with E-state index in [9.17, 15) is 0 Å². The van der Waals surface area contributed by atoms with E-state index in [1.165, 1.54) is 16.9 Å². The van der Waals surface area contributed by atoms with Crippen LogP contribution in [0.15, 0.2) is 24.3 Å². The lowest BCUT2D eigenvalue weighted by molar-refractivity contribution is 1.09. The molecule has 0 N–H and O–H groups in total. The Bertz CT molecular complexity index is 425. The van der Waals surface area contributed by atoms with Crippen LogP contribution in [0.2, 0.25) is 4.47 Å². The molecule has 13 heavy (non-hydrogen) atoms. The lowest BCUT2D eigenvalue weighted by Crippen LogP contribution is -1.80. The molecule has 0 aliphatic rings. The average molecular weight is 211 g/mol. The highest BCUT2D eigenvalue weighted by Gasteiger charge is 2.06. The maximum absolute atomic E-state index is 5.71. The molecule has 2 aromatic rings. The fraction of sp³-hybridized carbons (Fsp3) is 0.111. The molecule has 1 heterocycles. The van der Waals surface area contributed by atoms with Gasteiger partial charge in [-0.2, -0.15) is 0 Å². The fourth-order valence-corrected chi connectivity index (χ4v) is 2.05. The Morgan fingerprint density at radius 3 is 2.62 bits per heavy atom. The van der Waals surface area contributed by atoms with Crippen molar-refractivity contribution in [3.63, 3.8) is 0 Å². The van der Waals surface area contributed by atoms with Crippen LogP contribution in [0.4, 0.5) is 0 Å². The van der Waals surface area contributed by atoms with Gasteiger partial charge in [0.25, 0.3) is 0 Å². The van der Waals surface area contributed by atoms with Gasteiger partial charge < -0.3 is 0 Å². The Balaban J connectivity index is 2.52. The van der Waals surface area contributed by atoms with Crippen LogP contribution in [0.25, 0.3) is 10.6 Å². The third-order valence-electron chi connectivity index (χ3n) is 1.78. The fourth-order valence-electron chi connectivity index (χ4n) is 1.13. The molecule has 0 radical (unpaired) electrons. The molecular formula is C9H7ClN2S. The Morgan fingerprint density at radius 2 is 2.00 bits per heavy atom. The smallest absolute Gasteiger partial charge is 0.137 e. The lowest BCUT2D eigenvalue weighted by Gasteiger charge is -1.98. The van der Waals surface area contributed by atoms with E-state index in [4.69, 9.17) is 11.6 Å². The van der Waals surface area contributed by atoms with Gasteiger partial charge in [0.05, 0.1) is 0 Å². The largest absolute Gasteiger partial charge is 0.207 e. The molecular weight excluding hydrogens is 204 g/mol. The van der Waals surface area contributed by atoms with Gasteiger partial charge in [-0.1, -0.05) is 35.6 Å². The first-order chi connectivity index (χ1) is 6.27. The standard InChI is InChI=1S/C9H7ClN2S/c1-6-4-2-3-5-7(6)8-11-12-9(10)13-8/h2-5H,1H3. The molecule has 0 aliphatic heterocycles. The van der Waals surface area contributed by atoms with Crippen LogP contribution in [0.1, 0.15) is 5.56 Å². The van der Waals surface area contributed by atoms with E-state index >= 15 is 0 Å². The molecule has 0 saturated carbocycles. The van der Waals surface area contributed by atoms with Gasteiger partial charge in [-0.05, 0) is 24.1 Å². The summed E-state index contributed by atoms with van der Waals surface area (Å²) in [6.45, 7) is 2.05. The van der Waals surface area contributed by atoms with Gasteiger partial charge >= 0.3 is 0 Å². The molecule has 4 heteroatoms. The summed E-state index contributed by atoms with van der Waals surface area (Å²) in [4.78, 5) is 0. The van der Waals surface area contributed by atoms with Crippen molar-refractivity contribution in [1.29, 1.82) is 0 Å². The predicted molar refractivity (Wildman–Crippen MR) is 55.1 cm³/mol. The zero-order chi connectivity index (χ0) is 9.26. The number of rotatable bonds is 1. The van der Waals surface area contributed by atoms with Crippen LogP contribution >= 0.6 is 22.9 Å². The molecule has 0 amide bonds. The van der Waals surface area contributed by atoms with Gasteiger partial charge in [0.1, 0.15) is 5.01 Å². The van der Waals surface area contributed by atoms with Crippen molar-refractivity contribution in [2.45, 2.75) is 6.92 Å². The maximum Gasteiger partial charge on any atom is 0.207 e. The molecule has 0 bridgehead atoms. The quantitative estimate of drug-likeness (QED) is 0.723. The predicted octanol–water partition coefficient (Wildman–Crippen LogP) is 3.17. The van der Waals surface area contributed by atoms with Crippen LogP contribution < -0.4 is 0 Å².